The summed E-state index contributed by atoms with van der Waals surface area (Å²) in [6, 6.07) is 11.5. The second kappa shape index (κ2) is 8.68. The zero-order valence-corrected chi connectivity index (χ0v) is 15.4. The van der Waals surface area contributed by atoms with Crippen molar-refractivity contribution in [2.75, 3.05) is 20.3 Å². The van der Waals surface area contributed by atoms with Crippen LogP contribution in [0.3, 0.4) is 0 Å². The second-order valence-electron chi connectivity index (χ2n) is 5.40. The Labute approximate surface area is 152 Å². The third-order valence-electron chi connectivity index (χ3n) is 3.60. The summed E-state index contributed by atoms with van der Waals surface area (Å²) >= 11 is 0. The summed E-state index contributed by atoms with van der Waals surface area (Å²) in [6.45, 7) is 2.24. The molecule has 0 aliphatic carbocycles. The SMILES string of the molecule is CCc1cccc(OCCOC(=O)c2ccc(OC)c(S(N)(=O)=O)c2)c1. The monoisotopic (exact) mass is 379 g/mol. The number of nitrogens with two attached hydrogens (primary N) is 1. The Morgan fingerprint density at radius 2 is 1.88 bits per heavy atom. The van der Waals surface area contributed by atoms with Gasteiger partial charge in [-0.3, -0.25) is 0 Å². The van der Waals surface area contributed by atoms with Crippen LogP contribution < -0.4 is 14.6 Å². The van der Waals surface area contributed by atoms with Gasteiger partial charge in [0.15, 0.2) is 0 Å². The summed E-state index contributed by atoms with van der Waals surface area (Å²) in [5, 5.41) is 5.13. The lowest BCUT2D eigenvalue weighted by atomic mass is 10.2. The van der Waals surface area contributed by atoms with Gasteiger partial charge in [-0.2, -0.15) is 0 Å². The van der Waals surface area contributed by atoms with Crippen molar-refractivity contribution in [2.24, 2.45) is 5.14 Å². The number of methoxy groups -OCH3 is 1. The van der Waals surface area contributed by atoms with Crippen molar-refractivity contribution in [1.82, 2.24) is 0 Å². The van der Waals surface area contributed by atoms with Crippen molar-refractivity contribution in [3.8, 4) is 11.5 Å². The first kappa shape index (κ1) is 19.7. The molecule has 8 heteroatoms. The highest BCUT2D eigenvalue weighted by Gasteiger charge is 2.18. The standard InChI is InChI=1S/C18H21NO6S/c1-3-13-5-4-6-15(11-13)24-9-10-25-18(20)14-7-8-16(23-2)17(12-14)26(19,21)22/h4-8,11-12H,3,9-10H2,1-2H3,(H2,19,21,22). The van der Waals surface area contributed by atoms with Gasteiger partial charge in [-0.25, -0.2) is 18.4 Å². The van der Waals surface area contributed by atoms with Crippen LogP contribution in [0.2, 0.25) is 0 Å². The maximum absolute atomic E-state index is 12.1. The molecule has 0 aromatic heterocycles. The molecule has 0 fully saturated rings. The van der Waals surface area contributed by atoms with E-state index in [4.69, 9.17) is 19.3 Å². The number of primary sulfonamides is 1. The fraction of sp³-hybridized carbons (Fsp3) is 0.278. The molecular weight excluding hydrogens is 358 g/mol. The fourth-order valence-electron chi connectivity index (χ4n) is 2.26. The first-order valence-electron chi connectivity index (χ1n) is 7.95. The average molecular weight is 379 g/mol. The maximum atomic E-state index is 12.1. The molecule has 140 valence electrons. The zero-order chi connectivity index (χ0) is 19.2. The molecular formula is C18H21NO6S. The van der Waals surface area contributed by atoms with Gasteiger partial charge < -0.3 is 14.2 Å². The zero-order valence-electron chi connectivity index (χ0n) is 14.6. The van der Waals surface area contributed by atoms with Gasteiger partial charge in [-0.15, -0.1) is 0 Å². The maximum Gasteiger partial charge on any atom is 0.338 e. The van der Waals surface area contributed by atoms with Gasteiger partial charge in [-0.05, 0) is 42.3 Å². The van der Waals surface area contributed by atoms with Gasteiger partial charge in [-0.1, -0.05) is 19.1 Å². The number of ether oxygens (including phenoxy) is 3. The predicted molar refractivity (Wildman–Crippen MR) is 96.0 cm³/mol. The Morgan fingerprint density at radius 3 is 2.54 bits per heavy atom. The highest BCUT2D eigenvalue weighted by molar-refractivity contribution is 7.89. The molecule has 2 aromatic rings. The summed E-state index contributed by atoms with van der Waals surface area (Å²) in [4.78, 5) is 11.8. The first-order chi connectivity index (χ1) is 12.3. The summed E-state index contributed by atoms with van der Waals surface area (Å²) in [7, 11) is -2.71. The number of rotatable bonds is 8. The smallest absolute Gasteiger partial charge is 0.338 e. The number of sulfonamides is 1. The molecule has 0 aliphatic heterocycles. The van der Waals surface area contributed by atoms with Gasteiger partial charge in [0.1, 0.15) is 29.6 Å². The Morgan fingerprint density at radius 1 is 1.12 bits per heavy atom. The van der Waals surface area contributed by atoms with Crippen LogP contribution in [0.25, 0.3) is 0 Å². The minimum Gasteiger partial charge on any atom is -0.495 e. The third-order valence-corrected chi connectivity index (χ3v) is 4.53. The van der Waals surface area contributed by atoms with Gasteiger partial charge in [0.05, 0.1) is 12.7 Å². The Bertz CT molecular complexity index is 879. The van der Waals surface area contributed by atoms with Gasteiger partial charge in [0.25, 0.3) is 0 Å². The van der Waals surface area contributed by atoms with Gasteiger partial charge in [0.2, 0.25) is 10.0 Å². The predicted octanol–water partition coefficient (Wildman–Crippen LogP) is 2.14. The van der Waals surface area contributed by atoms with E-state index in [0.29, 0.717) is 5.75 Å². The average Bonchev–Trinajstić information content (AvgIpc) is 2.64. The quantitative estimate of drug-likeness (QED) is 0.556. The van der Waals surface area contributed by atoms with E-state index in [9.17, 15) is 13.2 Å². The molecule has 26 heavy (non-hydrogen) atoms. The molecule has 0 aliphatic rings. The minimum absolute atomic E-state index is 0.0198. The van der Waals surface area contributed by atoms with Gasteiger partial charge in [0, 0.05) is 0 Å². The molecule has 0 amide bonds. The number of hydrogen-bond acceptors (Lipinski definition) is 6. The molecule has 0 unspecified atom stereocenters. The van der Waals surface area contributed by atoms with Crippen LogP contribution in [0.5, 0.6) is 11.5 Å². The topological polar surface area (TPSA) is 105 Å². The number of carbonyl (C=O) groups excluding carboxylic acids is 1. The molecule has 0 atom stereocenters. The van der Waals surface area contributed by atoms with E-state index in [1.54, 1.807) is 0 Å². The van der Waals surface area contributed by atoms with Crippen molar-refractivity contribution in [1.29, 1.82) is 0 Å². The summed E-state index contributed by atoms with van der Waals surface area (Å²) < 4.78 is 38.8. The highest BCUT2D eigenvalue weighted by Crippen LogP contribution is 2.24. The van der Waals surface area contributed by atoms with Crippen molar-refractivity contribution in [3.63, 3.8) is 0 Å². The molecule has 2 rings (SSSR count). The van der Waals surface area contributed by atoms with E-state index in [0.717, 1.165) is 18.1 Å². The normalized spacial score (nSPS) is 11.0. The van der Waals surface area contributed by atoms with E-state index >= 15 is 0 Å². The molecule has 0 bridgehead atoms. The lowest BCUT2D eigenvalue weighted by molar-refractivity contribution is 0.0450. The number of hydrogen-bond donors (Lipinski definition) is 1. The molecule has 0 saturated heterocycles. The fourth-order valence-corrected chi connectivity index (χ4v) is 2.98. The lowest BCUT2D eigenvalue weighted by Gasteiger charge is -2.10. The summed E-state index contributed by atoms with van der Waals surface area (Å²) in [5.74, 6) is 0.0769. The third kappa shape index (κ3) is 5.21. The van der Waals surface area contributed by atoms with Crippen molar-refractivity contribution < 1.29 is 27.4 Å². The van der Waals surface area contributed by atoms with E-state index in [1.165, 1.54) is 19.2 Å². The summed E-state index contributed by atoms with van der Waals surface area (Å²) in [5.41, 5.74) is 1.20. The van der Waals surface area contributed by atoms with Crippen LogP contribution in [-0.4, -0.2) is 34.7 Å². The molecule has 7 nitrogen and oxygen atoms in total. The number of esters is 1. The number of aryl methyl sites for hydroxylation is 1. The van der Waals surface area contributed by atoms with Crippen LogP contribution >= 0.6 is 0 Å². The van der Waals surface area contributed by atoms with Crippen LogP contribution in [0.4, 0.5) is 0 Å². The number of benzene rings is 2. The second-order valence-corrected chi connectivity index (χ2v) is 6.93. The lowest BCUT2D eigenvalue weighted by Crippen LogP contribution is -2.16. The Hall–Kier alpha value is -2.58. The molecule has 0 saturated carbocycles. The summed E-state index contributed by atoms with van der Waals surface area (Å²) in [6.07, 6.45) is 0.899. The van der Waals surface area contributed by atoms with Crippen molar-refractivity contribution in [2.45, 2.75) is 18.2 Å². The van der Waals surface area contributed by atoms with Crippen molar-refractivity contribution in [3.05, 3.63) is 53.6 Å². The molecule has 0 radical (unpaired) electrons. The van der Waals surface area contributed by atoms with Crippen molar-refractivity contribution >= 4 is 16.0 Å². The molecule has 2 N–H and O–H groups in total. The molecule has 2 aromatic carbocycles. The van der Waals surface area contributed by atoms with Crippen LogP contribution in [-0.2, 0) is 21.2 Å². The highest BCUT2D eigenvalue weighted by atomic mass is 32.2. The number of carbonyl (C=O) groups is 1. The van der Waals surface area contributed by atoms with E-state index < -0.39 is 16.0 Å². The largest absolute Gasteiger partial charge is 0.495 e. The first-order valence-corrected chi connectivity index (χ1v) is 9.49. The Balaban J connectivity index is 1.95. The van der Waals surface area contributed by atoms with E-state index in [-0.39, 0.29) is 29.4 Å². The van der Waals surface area contributed by atoms with Crippen LogP contribution in [0.1, 0.15) is 22.8 Å². The van der Waals surface area contributed by atoms with Crippen LogP contribution in [0, 0.1) is 0 Å². The Kier molecular flexibility index (Phi) is 6.59. The van der Waals surface area contributed by atoms with Gasteiger partial charge >= 0.3 is 5.97 Å². The molecule has 0 heterocycles. The minimum atomic E-state index is -4.03. The molecule has 0 spiro atoms. The van der Waals surface area contributed by atoms with Crippen LogP contribution in [0.15, 0.2) is 47.4 Å². The van der Waals surface area contributed by atoms with E-state index in [2.05, 4.69) is 0 Å². The van der Waals surface area contributed by atoms with E-state index in [1.807, 2.05) is 31.2 Å².